The van der Waals surface area contributed by atoms with Crippen LogP contribution in [0.2, 0.25) is 5.02 Å². The van der Waals surface area contributed by atoms with Crippen LogP contribution >= 0.6 is 11.6 Å². The van der Waals surface area contributed by atoms with Gasteiger partial charge in [-0.3, -0.25) is 4.79 Å². The van der Waals surface area contributed by atoms with E-state index >= 15 is 0 Å². The van der Waals surface area contributed by atoms with Crippen LogP contribution in [-0.4, -0.2) is 37.8 Å². The quantitative estimate of drug-likeness (QED) is 0.747. The highest BCUT2D eigenvalue weighted by Crippen LogP contribution is 2.28. The summed E-state index contributed by atoms with van der Waals surface area (Å²) in [5, 5.41) is 3.24. The minimum Gasteiger partial charge on any atom is -0.349 e. The van der Waals surface area contributed by atoms with Gasteiger partial charge in [-0.25, -0.2) is 8.42 Å². The number of sulfonamides is 1. The van der Waals surface area contributed by atoms with Crippen molar-refractivity contribution in [3.8, 4) is 0 Å². The van der Waals surface area contributed by atoms with Crippen molar-refractivity contribution in [3.05, 3.63) is 28.8 Å². The minimum atomic E-state index is -3.69. The summed E-state index contributed by atoms with van der Waals surface area (Å²) in [6.07, 6.45) is 10.5. The van der Waals surface area contributed by atoms with E-state index in [1.807, 2.05) is 0 Å². The van der Waals surface area contributed by atoms with E-state index in [0.717, 1.165) is 51.4 Å². The van der Waals surface area contributed by atoms with Crippen LogP contribution < -0.4 is 5.32 Å². The average molecular weight is 413 g/mol. The van der Waals surface area contributed by atoms with Gasteiger partial charge in [0.25, 0.3) is 5.91 Å². The number of rotatable bonds is 4. The molecular formula is C20H29ClN2O3S. The molecule has 0 atom stereocenters. The summed E-state index contributed by atoms with van der Waals surface area (Å²) in [6, 6.07) is 4.74. The van der Waals surface area contributed by atoms with Gasteiger partial charge in [0.05, 0.1) is 5.02 Å². The van der Waals surface area contributed by atoms with E-state index < -0.39 is 10.0 Å². The summed E-state index contributed by atoms with van der Waals surface area (Å²) in [7, 11) is -3.69. The van der Waals surface area contributed by atoms with Gasteiger partial charge in [-0.15, -0.1) is 0 Å². The lowest BCUT2D eigenvalue weighted by molar-refractivity contribution is 0.0933. The van der Waals surface area contributed by atoms with Gasteiger partial charge in [-0.2, -0.15) is 4.31 Å². The molecule has 0 bridgehead atoms. The number of amides is 1. The molecule has 1 aromatic rings. The van der Waals surface area contributed by atoms with Crippen molar-refractivity contribution in [2.24, 2.45) is 0 Å². The highest BCUT2D eigenvalue weighted by atomic mass is 35.5. The normalized spacial score (nSPS) is 20.6. The maximum Gasteiger partial charge on any atom is 0.251 e. The largest absolute Gasteiger partial charge is 0.349 e. The molecule has 1 aromatic carbocycles. The highest BCUT2D eigenvalue weighted by molar-refractivity contribution is 7.89. The van der Waals surface area contributed by atoms with E-state index in [9.17, 15) is 13.2 Å². The third-order valence-electron chi connectivity index (χ3n) is 5.57. The van der Waals surface area contributed by atoms with Crippen molar-refractivity contribution in [3.63, 3.8) is 0 Å². The van der Waals surface area contributed by atoms with Crippen LogP contribution in [0.1, 0.15) is 74.6 Å². The molecule has 1 saturated heterocycles. The Balaban J connectivity index is 1.79. The van der Waals surface area contributed by atoms with Gasteiger partial charge >= 0.3 is 0 Å². The third kappa shape index (κ3) is 5.24. The molecule has 3 rings (SSSR count). The zero-order valence-electron chi connectivity index (χ0n) is 15.8. The van der Waals surface area contributed by atoms with Gasteiger partial charge in [0.2, 0.25) is 10.0 Å². The summed E-state index contributed by atoms with van der Waals surface area (Å²) in [4.78, 5) is 12.7. The van der Waals surface area contributed by atoms with Crippen LogP contribution in [0.4, 0.5) is 0 Å². The minimum absolute atomic E-state index is 0.0413. The lowest BCUT2D eigenvalue weighted by Crippen LogP contribution is -2.35. The highest BCUT2D eigenvalue weighted by Gasteiger charge is 2.28. The van der Waals surface area contributed by atoms with Crippen molar-refractivity contribution < 1.29 is 13.2 Å². The Morgan fingerprint density at radius 3 is 2.19 bits per heavy atom. The number of benzene rings is 1. The Morgan fingerprint density at radius 1 is 0.963 bits per heavy atom. The summed E-state index contributed by atoms with van der Waals surface area (Å²) in [5.41, 5.74) is 0.358. The van der Waals surface area contributed by atoms with Crippen LogP contribution in [0.25, 0.3) is 0 Å². The topological polar surface area (TPSA) is 66.5 Å². The molecule has 1 aliphatic heterocycles. The van der Waals surface area contributed by atoms with E-state index in [1.165, 1.54) is 29.3 Å². The van der Waals surface area contributed by atoms with Crippen LogP contribution in [0.3, 0.4) is 0 Å². The third-order valence-corrected chi connectivity index (χ3v) is 7.95. The maximum absolute atomic E-state index is 13.1. The van der Waals surface area contributed by atoms with Crippen LogP contribution in [0.5, 0.6) is 0 Å². The Bertz CT molecular complexity index is 750. The van der Waals surface area contributed by atoms with Crippen molar-refractivity contribution in [1.29, 1.82) is 0 Å². The zero-order valence-corrected chi connectivity index (χ0v) is 17.3. The first-order valence-corrected chi connectivity index (χ1v) is 11.9. The van der Waals surface area contributed by atoms with E-state index in [2.05, 4.69) is 5.32 Å². The molecule has 2 aliphatic rings. The fourth-order valence-electron chi connectivity index (χ4n) is 3.96. The number of hydrogen-bond donors (Lipinski definition) is 1. The number of nitrogens with one attached hydrogen (secondary N) is 1. The Kier molecular flexibility index (Phi) is 7.17. The second-order valence-electron chi connectivity index (χ2n) is 7.63. The molecule has 0 unspecified atom stereocenters. The van der Waals surface area contributed by atoms with E-state index in [-0.39, 0.29) is 21.9 Å². The van der Waals surface area contributed by atoms with Crippen molar-refractivity contribution >= 4 is 27.5 Å². The Morgan fingerprint density at radius 2 is 1.56 bits per heavy atom. The van der Waals surface area contributed by atoms with Crippen LogP contribution in [0, 0.1) is 0 Å². The molecule has 5 nitrogen and oxygen atoms in total. The molecule has 27 heavy (non-hydrogen) atoms. The molecule has 2 fully saturated rings. The maximum atomic E-state index is 13.1. The van der Waals surface area contributed by atoms with Gasteiger partial charge in [-0.1, -0.05) is 50.1 Å². The van der Waals surface area contributed by atoms with Gasteiger partial charge < -0.3 is 5.32 Å². The molecule has 150 valence electrons. The smallest absolute Gasteiger partial charge is 0.251 e. The average Bonchev–Trinajstić information content (AvgIpc) is 3.07. The van der Waals surface area contributed by atoms with Gasteiger partial charge in [0.15, 0.2) is 0 Å². The second-order valence-corrected chi connectivity index (χ2v) is 9.94. The van der Waals surface area contributed by atoms with Gasteiger partial charge in [-0.05, 0) is 43.9 Å². The molecule has 1 amide bonds. The first-order valence-electron chi connectivity index (χ1n) is 10.1. The molecule has 1 N–H and O–H groups in total. The molecular weight excluding hydrogens is 384 g/mol. The summed E-state index contributed by atoms with van der Waals surface area (Å²) >= 11 is 6.22. The summed E-state index contributed by atoms with van der Waals surface area (Å²) in [6.45, 7) is 1.02. The SMILES string of the molecule is O=C(NC1CCCCCC1)c1ccc(Cl)c(S(=O)(=O)N2CCCCCC2)c1. The lowest BCUT2D eigenvalue weighted by Gasteiger charge is -2.21. The number of hydrogen-bond acceptors (Lipinski definition) is 3. The van der Waals surface area contributed by atoms with Gasteiger partial charge in [0.1, 0.15) is 4.90 Å². The number of carbonyl (C=O) groups excluding carboxylic acids is 1. The standard InChI is InChI=1S/C20H29ClN2O3S/c21-18-12-11-16(20(24)22-17-9-5-1-2-6-10-17)15-19(18)27(25,26)23-13-7-3-4-8-14-23/h11-12,15,17H,1-10,13-14H2,(H,22,24). The summed E-state index contributed by atoms with van der Waals surface area (Å²) in [5.74, 6) is -0.217. The van der Waals surface area contributed by atoms with Crippen molar-refractivity contribution in [1.82, 2.24) is 9.62 Å². The molecule has 1 aliphatic carbocycles. The predicted molar refractivity (Wildman–Crippen MR) is 108 cm³/mol. The predicted octanol–water partition coefficient (Wildman–Crippen LogP) is 4.36. The molecule has 1 saturated carbocycles. The fourth-order valence-corrected chi connectivity index (χ4v) is 5.97. The van der Waals surface area contributed by atoms with Crippen molar-refractivity contribution in [2.75, 3.05) is 13.1 Å². The molecule has 0 radical (unpaired) electrons. The molecule has 0 spiro atoms. The van der Waals surface area contributed by atoms with Crippen LogP contribution in [0.15, 0.2) is 23.1 Å². The van der Waals surface area contributed by atoms with Crippen molar-refractivity contribution in [2.45, 2.75) is 75.1 Å². The monoisotopic (exact) mass is 412 g/mol. The van der Waals surface area contributed by atoms with E-state index in [4.69, 9.17) is 11.6 Å². The summed E-state index contributed by atoms with van der Waals surface area (Å²) < 4.78 is 27.7. The molecule has 1 heterocycles. The first kappa shape index (κ1) is 20.6. The number of halogens is 1. The van der Waals surface area contributed by atoms with E-state index in [1.54, 1.807) is 6.07 Å². The first-order chi connectivity index (χ1) is 13.0. The lowest BCUT2D eigenvalue weighted by atomic mass is 10.1. The van der Waals surface area contributed by atoms with E-state index in [0.29, 0.717) is 18.7 Å². The number of nitrogens with zero attached hydrogens (tertiary/aromatic N) is 1. The Hall–Kier alpha value is -1.11. The molecule has 7 heteroatoms. The second kappa shape index (κ2) is 9.39. The molecule has 0 aromatic heterocycles. The van der Waals surface area contributed by atoms with Crippen LogP contribution in [-0.2, 0) is 10.0 Å². The Labute approximate surface area is 167 Å². The van der Waals surface area contributed by atoms with Gasteiger partial charge in [0, 0.05) is 24.7 Å². The number of carbonyl (C=O) groups is 1. The fraction of sp³-hybridized carbons (Fsp3) is 0.650. The zero-order chi connectivity index (χ0) is 19.3.